The van der Waals surface area contributed by atoms with Crippen molar-refractivity contribution in [3.63, 3.8) is 0 Å². The van der Waals surface area contributed by atoms with Crippen molar-refractivity contribution in [3.05, 3.63) is 35.5 Å². The molecule has 7 heteroatoms. The number of ketones is 2. The van der Waals surface area contributed by atoms with Gasteiger partial charge in [-0.1, -0.05) is 32.1 Å². The number of carbonyl (C=O) groups excluding carboxylic acids is 4. The Kier molecular flexibility index (Phi) is 6.37. The quantitative estimate of drug-likeness (QED) is 0.346. The summed E-state index contributed by atoms with van der Waals surface area (Å²) in [4.78, 5) is 50.8. The smallest absolute Gasteiger partial charge is 0.334 e. The highest BCUT2D eigenvalue weighted by molar-refractivity contribution is 6.03. The highest BCUT2D eigenvalue weighted by Crippen LogP contribution is 2.61. The molecular weight excluding hydrogens is 472 g/mol. The van der Waals surface area contributed by atoms with E-state index in [1.807, 2.05) is 6.92 Å². The van der Waals surface area contributed by atoms with Crippen molar-refractivity contribution in [2.24, 2.45) is 35.0 Å². The molecule has 0 radical (unpaired) electrons. The molecule has 5 aliphatic rings. The molecule has 7 nitrogen and oxygen atoms in total. The van der Waals surface area contributed by atoms with Crippen molar-refractivity contribution in [1.82, 2.24) is 0 Å². The molecule has 0 aromatic rings. The summed E-state index contributed by atoms with van der Waals surface area (Å²) in [6, 6.07) is 0. The Balaban J connectivity index is 1.57. The highest BCUT2D eigenvalue weighted by atomic mass is 16.6. The molecule has 5 rings (SSSR count). The minimum atomic E-state index is -1.30. The first-order valence-corrected chi connectivity index (χ1v) is 13.6. The number of hydrogen-bond acceptors (Lipinski definition) is 7. The Morgan fingerprint density at radius 3 is 2.51 bits per heavy atom. The molecule has 200 valence electrons. The van der Waals surface area contributed by atoms with Gasteiger partial charge in [-0.3, -0.25) is 9.59 Å². The van der Waals surface area contributed by atoms with E-state index in [9.17, 15) is 24.3 Å². The minimum absolute atomic E-state index is 0.144. The van der Waals surface area contributed by atoms with E-state index >= 15 is 0 Å². The van der Waals surface area contributed by atoms with E-state index < -0.39 is 11.0 Å². The van der Waals surface area contributed by atoms with Crippen molar-refractivity contribution in [3.8, 4) is 0 Å². The zero-order chi connectivity index (χ0) is 26.9. The molecule has 2 unspecified atom stereocenters. The third-order valence-electron chi connectivity index (χ3n) is 10.1. The lowest BCUT2D eigenvalue weighted by molar-refractivity contribution is -0.151. The van der Waals surface area contributed by atoms with Crippen LogP contribution in [0.15, 0.2) is 35.5 Å². The molecule has 1 spiro atoms. The Hall–Kier alpha value is -2.54. The van der Waals surface area contributed by atoms with Gasteiger partial charge in [0.1, 0.15) is 23.4 Å². The van der Waals surface area contributed by atoms with Crippen LogP contribution in [0.3, 0.4) is 0 Å². The van der Waals surface area contributed by atoms with E-state index in [0.717, 1.165) is 0 Å². The molecule has 3 aliphatic carbocycles. The molecule has 3 fully saturated rings. The molecule has 0 aromatic carbocycles. The number of hydrogen-bond donors (Lipinski definition) is 1. The SMILES string of the molecule is C=C1C(=O)O[C@@H]2C[C@H](C)[C@@]3(O)C=C(C(C)=O)C4(CC3C[C@H]12)C(=O)O[C@H]1C[C@@H](C)C(CCC(C)=O)=CC[C@H]14. The monoisotopic (exact) mass is 510 g/mol. The number of carbonyl (C=O) groups is 4. The van der Waals surface area contributed by atoms with Crippen molar-refractivity contribution in [2.75, 3.05) is 0 Å². The van der Waals surface area contributed by atoms with Crippen LogP contribution in [0.4, 0.5) is 0 Å². The number of Topliss-reactive ketones (excluding diaryl/α,β-unsaturated/α-hetero) is 2. The summed E-state index contributed by atoms with van der Waals surface area (Å²) in [6.45, 7) is 11.0. The molecule has 2 aliphatic heterocycles. The first-order valence-electron chi connectivity index (χ1n) is 13.6. The summed E-state index contributed by atoms with van der Waals surface area (Å²) in [5.41, 5.74) is -0.483. The lowest BCUT2D eigenvalue weighted by atomic mass is 9.54. The van der Waals surface area contributed by atoms with Crippen LogP contribution in [0.2, 0.25) is 0 Å². The van der Waals surface area contributed by atoms with Gasteiger partial charge in [0.2, 0.25) is 0 Å². The zero-order valence-electron chi connectivity index (χ0n) is 22.2. The van der Waals surface area contributed by atoms with Gasteiger partial charge in [0, 0.05) is 29.4 Å². The Morgan fingerprint density at radius 1 is 1.11 bits per heavy atom. The van der Waals surface area contributed by atoms with Crippen LogP contribution in [-0.2, 0) is 28.7 Å². The number of rotatable bonds is 4. The van der Waals surface area contributed by atoms with Crippen molar-refractivity contribution in [1.29, 1.82) is 0 Å². The molecule has 1 N–H and O–H groups in total. The van der Waals surface area contributed by atoms with E-state index in [1.54, 1.807) is 13.0 Å². The van der Waals surface area contributed by atoms with Crippen molar-refractivity contribution in [2.45, 2.75) is 90.4 Å². The predicted molar refractivity (Wildman–Crippen MR) is 135 cm³/mol. The van der Waals surface area contributed by atoms with Crippen LogP contribution < -0.4 is 0 Å². The van der Waals surface area contributed by atoms with E-state index in [0.29, 0.717) is 49.7 Å². The van der Waals surface area contributed by atoms with Gasteiger partial charge in [-0.05, 0) is 76.2 Å². The summed E-state index contributed by atoms with van der Waals surface area (Å²) < 4.78 is 11.6. The first kappa shape index (κ1) is 26.1. The van der Waals surface area contributed by atoms with Gasteiger partial charge in [0.15, 0.2) is 5.78 Å². The van der Waals surface area contributed by atoms with Crippen molar-refractivity contribution < 1.29 is 33.8 Å². The topological polar surface area (TPSA) is 107 Å². The number of ether oxygens (including phenoxy) is 2. The summed E-state index contributed by atoms with van der Waals surface area (Å²) in [6.07, 6.45) is 6.70. The van der Waals surface area contributed by atoms with E-state index in [1.165, 1.54) is 12.5 Å². The molecular formula is C30H38O7. The predicted octanol–water partition coefficient (Wildman–Crippen LogP) is 4.03. The van der Waals surface area contributed by atoms with Crippen LogP contribution in [0.5, 0.6) is 0 Å². The van der Waals surface area contributed by atoms with Gasteiger partial charge in [0.25, 0.3) is 0 Å². The standard InChI is InChI=1S/C30H38O7/c1-15-10-26-23(9-8-20(15)7-6-17(3)31)29(28(34)37-26)13-21-12-22-18(4)27(33)36-25(22)11-16(2)30(21,35)14-24(29)19(5)32/h8,14-16,21-23,25-26,35H,4,6-7,9-13H2,1-3,5H3/t15-,16+,21?,22-,23-,25-,26+,29?,30+/m1/s1. The summed E-state index contributed by atoms with van der Waals surface area (Å²) in [5, 5.41) is 12.1. The lowest BCUT2D eigenvalue weighted by Crippen LogP contribution is -2.53. The average molecular weight is 511 g/mol. The van der Waals surface area contributed by atoms with Crippen LogP contribution in [0.25, 0.3) is 0 Å². The Labute approximate surface area is 218 Å². The Morgan fingerprint density at radius 2 is 1.84 bits per heavy atom. The fourth-order valence-corrected chi connectivity index (χ4v) is 7.95. The van der Waals surface area contributed by atoms with Gasteiger partial charge in [-0.2, -0.15) is 0 Å². The van der Waals surface area contributed by atoms with Crippen LogP contribution in [0.1, 0.15) is 72.6 Å². The number of allylic oxidation sites excluding steroid dienone is 2. The maximum atomic E-state index is 13.8. The van der Waals surface area contributed by atoms with Gasteiger partial charge >= 0.3 is 11.9 Å². The number of aliphatic hydroxyl groups is 1. The number of fused-ring (bicyclic) bond motifs is 4. The molecule has 0 aromatic heterocycles. The molecule has 0 amide bonds. The molecule has 37 heavy (non-hydrogen) atoms. The lowest BCUT2D eigenvalue weighted by Gasteiger charge is -2.48. The third-order valence-corrected chi connectivity index (χ3v) is 10.1. The highest BCUT2D eigenvalue weighted by Gasteiger charge is 2.66. The zero-order valence-corrected chi connectivity index (χ0v) is 22.2. The number of esters is 2. The second kappa shape index (κ2) is 9.04. The molecule has 1 saturated carbocycles. The van der Waals surface area contributed by atoms with E-state index in [4.69, 9.17) is 9.47 Å². The normalized spacial score (nSPS) is 42.9. The average Bonchev–Trinajstić information content (AvgIpc) is 3.09. The largest absolute Gasteiger partial charge is 0.461 e. The minimum Gasteiger partial charge on any atom is -0.461 e. The summed E-state index contributed by atoms with van der Waals surface area (Å²) in [5.74, 6) is -1.80. The summed E-state index contributed by atoms with van der Waals surface area (Å²) >= 11 is 0. The second-order valence-corrected chi connectivity index (χ2v) is 12.2. The van der Waals surface area contributed by atoms with E-state index in [-0.39, 0.29) is 71.7 Å². The molecule has 0 bridgehead atoms. The molecule has 9 atom stereocenters. The first-order chi connectivity index (χ1) is 17.4. The van der Waals surface area contributed by atoms with E-state index in [2.05, 4.69) is 19.6 Å². The van der Waals surface area contributed by atoms with Crippen LogP contribution in [-0.4, -0.2) is 46.4 Å². The fourth-order valence-electron chi connectivity index (χ4n) is 7.95. The van der Waals surface area contributed by atoms with Gasteiger partial charge in [0.05, 0.1) is 5.60 Å². The maximum absolute atomic E-state index is 13.8. The fraction of sp³-hybridized carbons (Fsp3) is 0.667. The van der Waals surface area contributed by atoms with Gasteiger partial charge in [-0.25, -0.2) is 4.79 Å². The second-order valence-electron chi connectivity index (χ2n) is 12.2. The maximum Gasteiger partial charge on any atom is 0.334 e. The van der Waals surface area contributed by atoms with Gasteiger partial charge in [-0.15, -0.1) is 0 Å². The van der Waals surface area contributed by atoms with Crippen molar-refractivity contribution >= 4 is 23.5 Å². The van der Waals surface area contributed by atoms with Crippen LogP contribution in [0, 0.1) is 35.0 Å². The third kappa shape index (κ3) is 3.96. The Bertz CT molecular complexity index is 1130. The molecule has 2 heterocycles. The van der Waals surface area contributed by atoms with Gasteiger partial charge < -0.3 is 19.4 Å². The summed E-state index contributed by atoms with van der Waals surface area (Å²) in [7, 11) is 0. The van der Waals surface area contributed by atoms with Crippen LogP contribution >= 0.6 is 0 Å². The molecule has 2 saturated heterocycles.